The van der Waals surface area contributed by atoms with Gasteiger partial charge < -0.3 is 10.2 Å². The molecule has 0 aliphatic heterocycles. The van der Waals surface area contributed by atoms with Gasteiger partial charge in [0.2, 0.25) is 4.77 Å². The summed E-state index contributed by atoms with van der Waals surface area (Å²) in [5.41, 5.74) is 1.28. The highest BCUT2D eigenvalue weighted by molar-refractivity contribution is 7.71. The monoisotopic (exact) mass is 346 g/mol. The molecule has 1 aromatic heterocycles. The standard InChI is InChI=1S/C15H11ClN4O2S/c16-11-4-2-1-3-10(11)14-18-19-15(23)20(14)17-8-9-5-6-12(21)13(22)7-9/h1-8,21-22H,(H,19,23)/b17-8-. The Morgan fingerprint density at radius 3 is 2.70 bits per heavy atom. The van der Waals surface area contributed by atoms with Gasteiger partial charge in [-0.1, -0.05) is 23.7 Å². The summed E-state index contributed by atoms with van der Waals surface area (Å²) < 4.78 is 1.74. The van der Waals surface area contributed by atoms with Gasteiger partial charge in [-0.15, -0.1) is 0 Å². The second kappa shape index (κ2) is 6.23. The number of aromatic nitrogens is 3. The molecule has 6 nitrogen and oxygen atoms in total. The summed E-state index contributed by atoms with van der Waals surface area (Å²) >= 11 is 11.4. The van der Waals surface area contributed by atoms with Gasteiger partial charge in [-0.05, 0) is 48.1 Å². The smallest absolute Gasteiger partial charge is 0.216 e. The van der Waals surface area contributed by atoms with Gasteiger partial charge in [0.1, 0.15) is 0 Å². The molecule has 3 N–H and O–H groups in total. The number of rotatable bonds is 3. The number of halogens is 1. The molecule has 0 saturated carbocycles. The molecular weight excluding hydrogens is 336 g/mol. The summed E-state index contributed by atoms with van der Waals surface area (Å²) in [5, 5.41) is 30.4. The Hall–Kier alpha value is -2.64. The number of aromatic hydroxyl groups is 2. The molecule has 2 aromatic carbocycles. The van der Waals surface area contributed by atoms with Crippen molar-refractivity contribution in [3.8, 4) is 22.9 Å². The number of hydrogen-bond acceptors (Lipinski definition) is 5. The average Bonchev–Trinajstić information content (AvgIpc) is 2.90. The van der Waals surface area contributed by atoms with Gasteiger partial charge in [0, 0.05) is 5.56 Å². The van der Waals surface area contributed by atoms with Crippen molar-refractivity contribution >= 4 is 30.0 Å². The minimum absolute atomic E-state index is 0.196. The molecule has 0 fully saturated rings. The lowest BCUT2D eigenvalue weighted by molar-refractivity contribution is 0.403. The van der Waals surface area contributed by atoms with Crippen molar-refractivity contribution < 1.29 is 10.2 Å². The molecule has 116 valence electrons. The maximum absolute atomic E-state index is 9.51. The van der Waals surface area contributed by atoms with Crippen LogP contribution in [0, 0.1) is 4.77 Å². The van der Waals surface area contributed by atoms with Gasteiger partial charge in [0.15, 0.2) is 17.3 Å². The molecule has 0 saturated heterocycles. The number of H-pyrrole nitrogens is 1. The number of phenols is 2. The maximum atomic E-state index is 9.51. The summed E-state index contributed by atoms with van der Waals surface area (Å²) in [7, 11) is 0. The Morgan fingerprint density at radius 1 is 1.17 bits per heavy atom. The molecule has 0 bridgehead atoms. The molecule has 0 spiro atoms. The number of nitrogens with one attached hydrogen (secondary N) is 1. The third kappa shape index (κ3) is 3.10. The summed E-state index contributed by atoms with van der Waals surface area (Å²) in [6, 6.07) is 11.6. The van der Waals surface area contributed by atoms with Crippen LogP contribution in [0.15, 0.2) is 47.6 Å². The van der Waals surface area contributed by atoms with Gasteiger partial charge in [-0.3, -0.25) is 0 Å². The molecule has 3 aromatic rings. The van der Waals surface area contributed by atoms with Gasteiger partial charge in [0.05, 0.1) is 11.2 Å². The number of nitrogens with zero attached hydrogens (tertiary/aromatic N) is 3. The van der Waals surface area contributed by atoms with Crippen LogP contribution in [0.1, 0.15) is 5.56 Å². The highest BCUT2D eigenvalue weighted by Gasteiger charge is 2.11. The Kier molecular flexibility index (Phi) is 4.14. The summed E-state index contributed by atoms with van der Waals surface area (Å²) in [6.07, 6.45) is 1.49. The van der Waals surface area contributed by atoms with E-state index in [2.05, 4.69) is 15.3 Å². The third-order valence-corrected chi connectivity index (χ3v) is 3.68. The highest BCUT2D eigenvalue weighted by Crippen LogP contribution is 2.26. The summed E-state index contributed by atoms with van der Waals surface area (Å²) in [5.74, 6) is 0.0507. The SMILES string of the molecule is Oc1ccc(/C=N\n2c(-c3ccccc3Cl)n[nH]c2=S)cc1O. The minimum atomic E-state index is -0.226. The molecule has 0 unspecified atom stereocenters. The van der Waals surface area contributed by atoms with Crippen LogP contribution in [0.4, 0.5) is 0 Å². The van der Waals surface area contributed by atoms with E-state index < -0.39 is 0 Å². The Bertz CT molecular complexity index is 949. The van der Waals surface area contributed by atoms with Crippen molar-refractivity contribution in [3.63, 3.8) is 0 Å². The normalized spacial score (nSPS) is 11.2. The van der Waals surface area contributed by atoms with Crippen LogP contribution >= 0.6 is 23.8 Å². The first-order valence-corrected chi connectivity index (χ1v) is 7.33. The Balaban J connectivity index is 2.02. The molecule has 0 atom stereocenters. The Morgan fingerprint density at radius 2 is 1.96 bits per heavy atom. The first kappa shape index (κ1) is 15.3. The van der Waals surface area contributed by atoms with Crippen LogP contribution in [0.25, 0.3) is 11.4 Å². The molecular formula is C15H11ClN4O2S. The fraction of sp³-hybridized carbons (Fsp3) is 0. The van der Waals surface area contributed by atoms with Gasteiger partial charge in [-0.25, -0.2) is 5.10 Å². The van der Waals surface area contributed by atoms with Crippen LogP contribution in [0.2, 0.25) is 5.02 Å². The summed E-state index contributed by atoms with van der Waals surface area (Å²) in [6.45, 7) is 0. The molecule has 8 heteroatoms. The maximum Gasteiger partial charge on any atom is 0.216 e. The second-order valence-corrected chi connectivity index (χ2v) is 5.43. The van der Waals surface area contributed by atoms with Crippen molar-refractivity contribution in [2.75, 3.05) is 0 Å². The van der Waals surface area contributed by atoms with Gasteiger partial charge in [-0.2, -0.15) is 14.9 Å². The quantitative estimate of drug-likeness (QED) is 0.384. The average molecular weight is 347 g/mol. The van der Waals surface area contributed by atoms with E-state index in [1.54, 1.807) is 12.1 Å². The minimum Gasteiger partial charge on any atom is -0.504 e. The first-order valence-electron chi connectivity index (χ1n) is 6.55. The van der Waals surface area contributed by atoms with Crippen LogP contribution in [0.5, 0.6) is 11.5 Å². The highest BCUT2D eigenvalue weighted by atomic mass is 35.5. The van der Waals surface area contributed by atoms with Gasteiger partial charge >= 0.3 is 0 Å². The van der Waals surface area contributed by atoms with Crippen LogP contribution < -0.4 is 0 Å². The zero-order valence-electron chi connectivity index (χ0n) is 11.6. The van der Waals surface area contributed by atoms with E-state index in [4.69, 9.17) is 23.8 Å². The molecule has 1 heterocycles. The lowest BCUT2D eigenvalue weighted by Gasteiger charge is -2.03. The second-order valence-electron chi connectivity index (χ2n) is 4.64. The predicted molar refractivity (Wildman–Crippen MR) is 90.6 cm³/mol. The summed E-state index contributed by atoms with van der Waals surface area (Å²) in [4.78, 5) is 0. The van der Waals surface area contributed by atoms with E-state index in [9.17, 15) is 10.2 Å². The number of phenolic OH excluding ortho intramolecular Hbond substituents is 2. The van der Waals surface area contributed by atoms with Crippen molar-refractivity contribution in [2.45, 2.75) is 0 Å². The predicted octanol–water partition coefficient (Wildman–Crippen LogP) is 3.55. The fourth-order valence-electron chi connectivity index (χ4n) is 1.96. The molecule has 23 heavy (non-hydrogen) atoms. The van der Waals surface area contributed by atoms with Crippen LogP contribution in [-0.2, 0) is 0 Å². The number of aromatic amines is 1. The van der Waals surface area contributed by atoms with Crippen molar-refractivity contribution in [1.82, 2.24) is 14.9 Å². The zero-order chi connectivity index (χ0) is 16.4. The van der Waals surface area contributed by atoms with E-state index in [1.165, 1.54) is 23.0 Å². The van der Waals surface area contributed by atoms with E-state index in [0.717, 1.165) is 0 Å². The molecule has 0 aliphatic rings. The third-order valence-electron chi connectivity index (χ3n) is 3.09. The van der Waals surface area contributed by atoms with E-state index in [-0.39, 0.29) is 11.5 Å². The zero-order valence-corrected chi connectivity index (χ0v) is 13.2. The van der Waals surface area contributed by atoms with Crippen LogP contribution in [0.3, 0.4) is 0 Å². The first-order chi connectivity index (χ1) is 11.1. The topological polar surface area (TPSA) is 86.4 Å². The van der Waals surface area contributed by atoms with Gasteiger partial charge in [0.25, 0.3) is 0 Å². The number of hydrogen-bond donors (Lipinski definition) is 3. The van der Waals surface area contributed by atoms with Crippen molar-refractivity contribution in [3.05, 3.63) is 57.8 Å². The Labute approximate surface area is 141 Å². The number of benzene rings is 2. The van der Waals surface area contributed by atoms with E-state index >= 15 is 0 Å². The molecule has 0 amide bonds. The molecule has 0 radical (unpaired) electrons. The largest absolute Gasteiger partial charge is 0.504 e. The fourth-order valence-corrected chi connectivity index (χ4v) is 2.36. The van der Waals surface area contributed by atoms with E-state index in [1.807, 2.05) is 18.2 Å². The van der Waals surface area contributed by atoms with E-state index in [0.29, 0.717) is 26.7 Å². The lowest BCUT2D eigenvalue weighted by Crippen LogP contribution is -1.95. The molecule has 3 rings (SSSR count). The molecule has 0 aliphatic carbocycles. The lowest BCUT2D eigenvalue weighted by atomic mass is 10.2. The van der Waals surface area contributed by atoms with Crippen molar-refractivity contribution in [1.29, 1.82) is 0 Å². The van der Waals surface area contributed by atoms with Crippen LogP contribution in [-0.4, -0.2) is 31.3 Å². The van der Waals surface area contributed by atoms with Crippen molar-refractivity contribution in [2.24, 2.45) is 5.10 Å².